The number of hydrogen-bond acceptors (Lipinski definition) is 3. The minimum Gasteiger partial charge on any atom is -0.342 e. The number of anilines is 2. The second-order valence-electron chi connectivity index (χ2n) is 3.88. The number of rotatable bonds is 2. The fraction of sp³-hybridized carbons (Fsp3) is 0.143. The molecule has 17 heavy (non-hydrogen) atoms. The van der Waals surface area contributed by atoms with Crippen molar-refractivity contribution in [2.45, 2.75) is 6.92 Å². The zero-order chi connectivity index (χ0) is 12.3. The summed E-state index contributed by atoms with van der Waals surface area (Å²) < 4.78 is 0. The van der Waals surface area contributed by atoms with Gasteiger partial charge in [-0.1, -0.05) is 17.7 Å². The molecule has 0 spiro atoms. The molecular formula is C14H13N3. The highest BCUT2D eigenvalue weighted by Gasteiger charge is 2.09. The minimum atomic E-state index is 0.440. The molecule has 3 heteroatoms. The van der Waals surface area contributed by atoms with Gasteiger partial charge in [0.05, 0.1) is 5.69 Å². The van der Waals surface area contributed by atoms with E-state index in [2.05, 4.69) is 18.0 Å². The highest BCUT2D eigenvalue weighted by atomic mass is 15.1. The van der Waals surface area contributed by atoms with Crippen molar-refractivity contribution < 1.29 is 0 Å². The molecule has 0 atom stereocenters. The predicted molar refractivity (Wildman–Crippen MR) is 68.2 cm³/mol. The summed E-state index contributed by atoms with van der Waals surface area (Å²) in [4.78, 5) is 6.02. The topological polar surface area (TPSA) is 39.9 Å². The van der Waals surface area contributed by atoms with Gasteiger partial charge in [-0.3, -0.25) is 0 Å². The lowest BCUT2D eigenvalue weighted by Crippen LogP contribution is -2.11. The Balaban J connectivity index is 2.40. The summed E-state index contributed by atoms with van der Waals surface area (Å²) in [7, 11) is 1.93. The molecule has 0 saturated carbocycles. The van der Waals surface area contributed by atoms with E-state index in [1.807, 2.05) is 48.3 Å². The summed E-state index contributed by atoms with van der Waals surface area (Å²) in [5, 5.41) is 9.02. The monoisotopic (exact) mass is 223 g/mol. The second kappa shape index (κ2) is 4.67. The Morgan fingerprint density at radius 3 is 2.53 bits per heavy atom. The predicted octanol–water partition coefficient (Wildman–Crippen LogP) is 3.03. The van der Waals surface area contributed by atoms with E-state index >= 15 is 0 Å². The summed E-state index contributed by atoms with van der Waals surface area (Å²) in [5.41, 5.74) is 3.52. The molecular weight excluding hydrogens is 210 g/mol. The van der Waals surface area contributed by atoms with Crippen molar-refractivity contribution >= 4 is 11.4 Å². The summed E-state index contributed by atoms with van der Waals surface area (Å²) in [5.74, 6) is 0. The molecule has 0 radical (unpaired) electrons. The SMILES string of the molecule is Cc1ccc(N(C)c2cccnc2C#N)cc1. The Hall–Kier alpha value is -2.34. The molecule has 1 heterocycles. The molecule has 0 amide bonds. The van der Waals surface area contributed by atoms with E-state index in [1.165, 1.54) is 5.56 Å². The van der Waals surface area contributed by atoms with Gasteiger partial charge in [0.25, 0.3) is 0 Å². The summed E-state index contributed by atoms with van der Waals surface area (Å²) in [6.07, 6.45) is 1.63. The van der Waals surface area contributed by atoms with Crippen molar-refractivity contribution in [1.82, 2.24) is 4.98 Å². The molecule has 3 nitrogen and oxygen atoms in total. The van der Waals surface area contributed by atoms with Crippen molar-refractivity contribution in [2.75, 3.05) is 11.9 Å². The van der Waals surface area contributed by atoms with Crippen molar-refractivity contribution in [3.05, 3.63) is 53.9 Å². The Labute approximate surface area is 101 Å². The minimum absolute atomic E-state index is 0.440. The van der Waals surface area contributed by atoms with Crippen LogP contribution in [0, 0.1) is 18.3 Å². The number of aryl methyl sites for hydroxylation is 1. The van der Waals surface area contributed by atoms with E-state index in [9.17, 15) is 0 Å². The van der Waals surface area contributed by atoms with Crippen LogP contribution in [-0.4, -0.2) is 12.0 Å². The van der Waals surface area contributed by atoms with Gasteiger partial charge < -0.3 is 4.90 Å². The van der Waals surface area contributed by atoms with Crippen LogP contribution in [0.25, 0.3) is 0 Å². The van der Waals surface area contributed by atoms with Crippen LogP contribution in [0.15, 0.2) is 42.6 Å². The number of hydrogen-bond donors (Lipinski definition) is 0. The van der Waals surface area contributed by atoms with Crippen LogP contribution in [0.3, 0.4) is 0 Å². The molecule has 0 unspecified atom stereocenters. The quantitative estimate of drug-likeness (QED) is 0.785. The van der Waals surface area contributed by atoms with E-state index in [1.54, 1.807) is 6.20 Å². The molecule has 1 aromatic heterocycles. The Bertz CT molecular complexity index is 552. The van der Waals surface area contributed by atoms with Gasteiger partial charge >= 0.3 is 0 Å². The Morgan fingerprint density at radius 1 is 1.18 bits per heavy atom. The van der Waals surface area contributed by atoms with Gasteiger partial charge in [0, 0.05) is 18.9 Å². The lowest BCUT2D eigenvalue weighted by atomic mass is 10.2. The van der Waals surface area contributed by atoms with Gasteiger partial charge in [-0.2, -0.15) is 5.26 Å². The molecule has 0 N–H and O–H groups in total. The molecule has 84 valence electrons. The number of pyridine rings is 1. The first-order valence-electron chi connectivity index (χ1n) is 5.38. The molecule has 0 aliphatic rings. The first-order chi connectivity index (χ1) is 8.22. The van der Waals surface area contributed by atoms with Gasteiger partial charge in [-0.15, -0.1) is 0 Å². The van der Waals surface area contributed by atoms with Crippen LogP contribution < -0.4 is 4.90 Å². The molecule has 0 saturated heterocycles. The lowest BCUT2D eigenvalue weighted by Gasteiger charge is -2.20. The molecule has 1 aromatic carbocycles. The van der Waals surface area contributed by atoms with Crippen molar-refractivity contribution in [3.8, 4) is 6.07 Å². The normalized spacial score (nSPS) is 9.71. The molecule has 0 fully saturated rings. The van der Waals surface area contributed by atoms with Gasteiger partial charge in [0.15, 0.2) is 5.69 Å². The van der Waals surface area contributed by atoms with Gasteiger partial charge in [0.2, 0.25) is 0 Å². The van der Waals surface area contributed by atoms with Crippen LogP contribution in [0.4, 0.5) is 11.4 Å². The van der Waals surface area contributed by atoms with Crippen molar-refractivity contribution in [3.63, 3.8) is 0 Å². The Kier molecular flexibility index (Phi) is 3.06. The average molecular weight is 223 g/mol. The number of nitrogens with zero attached hydrogens (tertiary/aromatic N) is 3. The van der Waals surface area contributed by atoms with Crippen LogP contribution in [0.1, 0.15) is 11.3 Å². The zero-order valence-electron chi connectivity index (χ0n) is 9.88. The first-order valence-corrected chi connectivity index (χ1v) is 5.38. The van der Waals surface area contributed by atoms with Crippen LogP contribution in [-0.2, 0) is 0 Å². The van der Waals surface area contributed by atoms with Crippen LogP contribution >= 0.6 is 0 Å². The third-order valence-corrected chi connectivity index (χ3v) is 2.67. The summed E-state index contributed by atoms with van der Waals surface area (Å²) in [6.45, 7) is 2.05. The maximum atomic E-state index is 9.02. The van der Waals surface area contributed by atoms with E-state index in [-0.39, 0.29) is 0 Å². The maximum Gasteiger partial charge on any atom is 0.164 e. The zero-order valence-corrected chi connectivity index (χ0v) is 9.88. The maximum absolute atomic E-state index is 9.02. The van der Waals surface area contributed by atoms with Gasteiger partial charge in [-0.05, 0) is 31.2 Å². The van der Waals surface area contributed by atoms with Gasteiger partial charge in [0.1, 0.15) is 6.07 Å². The Morgan fingerprint density at radius 2 is 1.88 bits per heavy atom. The fourth-order valence-corrected chi connectivity index (χ4v) is 1.66. The highest BCUT2D eigenvalue weighted by molar-refractivity contribution is 5.66. The van der Waals surface area contributed by atoms with Crippen molar-refractivity contribution in [1.29, 1.82) is 5.26 Å². The molecule has 0 bridgehead atoms. The molecule has 0 aliphatic carbocycles. The first kappa shape index (κ1) is 11.2. The van der Waals surface area contributed by atoms with E-state index < -0.39 is 0 Å². The average Bonchev–Trinajstić information content (AvgIpc) is 2.39. The number of nitriles is 1. The van der Waals surface area contributed by atoms with Gasteiger partial charge in [-0.25, -0.2) is 4.98 Å². The molecule has 2 rings (SSSR count). The van der Waals surface area contributed by atoms with Crippen LogP contribution in [0.5, 0.6) is 0 Å². The standard InChI is InChI=1S/C14H13N3/c1-11-5-7-12(8-6-11)17(2)14-4-3-9-16-13(14)10-15/h3-9H,1-2H3. The summed E-state index contributed by atoms with van der Waals surface area (Å²) in [6, 6.07) is 14.0. The third-order valence-electron chi connectivity index (χ3n) is 2.67. The fourth-order valence-electron chi connectivity index (χ4n) is 1.66. The number of benzene rings is 1. The van der Waals surface area contributed by atoms with E-state index in [4.69, 9.17) is 5.26 Å². The molecule has 2 aromatic rings. The van der Waals surface area contributed by atoms with Crippen LogP contribution in [0.2, 0.25) is 0 Å². The number of aromatic nitrogens is 1. The lowest BCUT2D eigenvalue weighted by molar-refractivity contribution is 1.15. The summed E-state index contributed by atoms with van der Waals surface area (Å²) >= 11 is 0. The van der Waals surface area contributed by atoms with Crippen molar-refractivity contribution in [2.24, 2.45) is 0 Å². The highest BCUT2D eigenvalue weighted by Crippen LogP contribution is 2.25. The largest absolute Gasteiger partial charge is 0.342 e. The van der Waals surface area contributed by atoms with E-state index in [0.717, 1.165) is 11.4 Å². The smallest absolute Gasteiger partial charge is 0.164 e. The third kappa shape index (κ3) is 2.26. The van der Waals surface area contributed by atoms with E-state index in [0.29, 0.717) is 5.69 Å². The molecule has 0 aliphatic heterocycles. The second-order valence-corrected chi connectivity index (χ2v) is 3.88.